The number of benzene rings is 2. The van der Waals surface area contributed by atoms with E-state index >= 15 is 0 Å². The molecule has 4 nitrogen and oxygen atoms in total. The first-order chi connectivity index (χ1) is 12.1. The summed E-state index contributed by atoms with van der Waals surface area (Å²) in [5, 5.41) is 3.57. The van der Waals surface area contributed by atoms with Crippen molar-refractivity contribution in [3.63, 3.8) is 0 Å². The van der Waals surface area contributed by atoms with E-state index in [0.29, 0.717) is 10.8 Å². The van der Waals surface area contributed by atoms with E-state index in [1.807, 2.05) is 25.1 Å². The maximum atomic E-state index is 12.1. The van der Waals surface area contributed by atoms with E-state index in [9.17, 15) is 4.79 Å². The molecule has 2 aromatic carbocycles. The summed E-state index contributed by atoms with van der Waals surface area (Å²) in [7, 11) is 0. The maximum Gasteiger partial charge on any atom is 0.258 e. The molecular formula is C20H23ClN2O2. The number of halogens is 1. The summed E-state index contributed by atoms with van der Waals surface area (Å²) in [6, 6.07) is 16.1. The summed E-state index contributed by atoms with van der Waals surface area (Å²) < 4.78 is 5.55. The van der Waals surface area contributed by atoms with E-state index in [1.165, 1.54) is 5.56 Å². The number of carbonyl (C=O) groups excluding carboxylic acids is 1. The van der Waals surface area contributed by atoms with Crippen molar-refractivity contribution in [3.05, 3.63) is 64.7 Å². The highest BCUT2D eigenvalue weighted by Gasteiger charge is 2.23. The van der Waals surface area contributed by atoms with Crippen molar-refractivity contribution in [3.8, 4) is 5.75 Å². The van der Waals surface area contributed by atoms with Crippen LogP contribution < -0.4 is 10.1 Å². The third-order valence-electron chi connectivity index (χ3n) is 4.33. The Bertz CT molecular complexity index is 721. The van der Waals surface area contributed by atoms with E-state index in [0.717, 1.165) is 31.6 Å². The number of carbonyl (C=O) groups is 1. The smallest absolute Gasteiger partial charge is 0.258 e. The van der Waals surface area contributed by atoms with Gasteiger partial charge in [-0.05, 0) is 36.6 Å². The molecule has 0 bridgehead atoms. The van der Waals surface area contributed by atoms with Crippen molar-refractivity contribution in [1.29, 1.82) is 0 Å². The quantitative estimate of drug-likeness (QED) is 0.860. The molecule has 0 aromatic heterocycles. The number of hydrogen-bond donors (Lipinski definition) is 1. The third-order valence-corrected chi connectivity index (χ3v) is 4.64. The Hall–Kier alpha value is -2.04. The van der Waals surface area contributed by atoms with Crippen LogP contribution in [0.3, 0.4) is 0 Å². The number of amides is 1. The zero-order valence-electron chi connectivity index (χ0n) is 14.4. The summed E-state index contributed by atoms with van der Waals surface area (Å²) >= 11 is 6.08. The summed E-state index contributed by atoms with van der Waals surface area (Å²) in [5.74, 6) is 0.443. The number of hydrogen-bond acceptors (Lipinski definition) is 3. The van der Waals surface area contributed by atoms with Crippen LogP contribution in [-0.4, -0.2) is 36.5 Å². The van der Waals surface area contributed by atoms with Gasteiger partial charge < -0.3 is 10.1 Å². The van der Waals surface area contributed by atoms with Crippen molar-refractivity contribution in [2.45, 2.75) is 25.9 Å². The van der Waals surface area contributed by atoms with Gasteiger partial charge in [0.05, 0.1) is 5.02 Å². The number of rotatable bonds is 6. The first-order valence-corrected chi connectivity index (χ1v) is 8.92. The van der Waals surface area contributed by atoms with Gasteiger partial charge in [0.2, 0.25) is 0 Å². The minimum atomic E-state index is -0.107. The molecule has 1 aliphatic heterocycles. The highest BCUT2D eigenvalue weighted by Crippen LogP contribution is 2.25. The zero-order chi connectivity index (χ0) is 17.6. The van der Waals surface area contributed by atoms with Crippen molar-refractivity contribution in [1.82, 2.24) is 10.2 Å². The molecule has 1 heterocycles. The van der Waals surface area contributed by atoms with E-state index in [1.54, 1.807) is 6.07 Å². The molecule has 0 saturated carbocycles. The molecule has 1 amide bonds. The monoisotopic (exact) mass is 358 g/mol. The highest BCUT2D eigenvalue weighted by molar-refractivity contribution is 6.32. The largest absolute Gasteiger partial charge is 0.482 e. The molecule has 1 N–H and O–H groups in total. The van der Waals surface area contributed by atoms with Gasteiger partial charge in [0, 0.05) is 25.7 Å². The molecule has 3 rings (SSSR count). The second-order valence-corrected chi connectivity index (χ2v) is 6.90. The van der Waals surface area contributed by atoms with Gasteiger partial charge >= 0.3 is 0 Å². The molecule has 0 spiro atoms. The Morgan fingerprint density at radius 1 is 1.28 bits per heavy atom. The van der Waals surface area contributed by atoms with Gasteiger partial charge in [-0.1, -0.05) is 48.0 Å². The SMILES string of the molecule is Cc1ccc(Cl)c(OCC(=O)NC2CCN(Cc3ccccc3)C2)c1. The van der Waals surface area contributed by atoms with E-state index in [4.69, 9.17) is 16.3 Å². The van der Waals surface area contributed by atoms with E-state index in [2.05, 4.69) is 34.5 Å². The predicted molar refractivity (Wildman–Crippen MR) is 100.0 cm³/mol. The molecule has 1 fully saturated rings. The minimum absolute atomic E-state index is 0.0155. The van der Waals surface area contributed by atoms with Gasteiger partial charge in [-0.3, -0.25) is 9.69 Å². The number of nitrogens with zero attached hydrogens (tertiary/aromatic N) is 1. The lowest BCUT2D eigenvalue weighted by Crippen LogP contribution is -2.39. The van der Waals surface area contributed by atoms with E-state index < -0.39 is 0 Å². The second kappa shape index (κ2) is 8.37. The number of likely N-dealkylation sites (tertiary alicyclic amines) is 1. The summed E-state index contributed by atoms with van der Waals surface area (Å²) in [4.78, 5) is 14.5. The maximum absolute atomic E-state index is 12.1. The lowest BCUT2D eigenvalue weighted by molar-refractivity contribution is -0.123. The topological polar surface area (TPSA) is 41.6 Å². The number of ether oxygens (including phenoxy) is 1. The van der Waals surface area contributed by atoms with Crippen LogP contribution in [0.2, 0.25) is 5.02 Å². The first kappa shape index (κ1) is 17.8. The van der Waals surface area contributed by atoms with Gasteiger partial charge in [0.15, 0.2) is 6.61 Å². The molecule has 5 heteroatoms. The molecule has 2 aromatic rings. The Morgan fingerprint density at radius 2 is 2.08 bits per heavy atom. The molecule has 0 aliphatic carbocycles. The van der Waals surface area contributed by atoms with Gasteiger partial charge in [0.25, 0.3) is 5.91 Å². The van der Waals surface area contributed by atoms with Gasteiger partial charge in [-0.2, -0.15) is 0 Å². The Balaban J connectivity index is 1.43. The van der Waals surface area contributed by atoms with Crippen LogP contribution in [-0.2, 0) is 11.3 Å². The summed E-state index contributed by atoms with van der Waals surface area (Å²) in [6.45, 7) is 4.72. The Kier molecular flexibility index (Phi) is 5.95. The van der Waals surface area contributed by atoms with Gasteiger partial charge in [-0.25, -0.2) is 0 Å². The fourth-order valence-corrected chi connectivity index (χ4v) is 3.24. The third kappa shape index (κ3) is 5.21. The van der Waals surface area contributed by atoms with Crippen molar-refractivity contribution < 1.29 is 9.53 Å². The van der Waals surface area contributed by atoms with Crippen LogP contribution in [0.25, 0.3) is 0 Å². The minimum Gasteiger partial charge on any atom is -0.482 e. The Morgan fingerprint density at radius 3 is 2.88 bits per heavy atom. The fraction of sp³-hybridized carbons (Fsp3) is 0.350. The van der Waals surface area contributed by atoms with Crippen LogP contribution in [0.4, 0.5) is 0 Å². The molecule has 25 heavy (non-hydrogen) atoms. The first-order valence-electron chi connectivity index (χ1n) is 8.55. The van der Waals surface area contributed by atoms with Gasteiger partial charge in [-0.15, -0.1) is 0 Å². The van der Waals surface area contributed by atoms with Crippen LogP contribution in [0.5, 0.6) is 5.75 Å². The van der Waals surface area contributed by atoms with Crippen molar-refractivity contribution >= 4 is 17.5 Å². The molecular weight excluding hydrogens is 336 g/mol. The van der Waals surface area contributed by atoms with Crippen LogP contribution in [0.1, 0.15) is 17.5 Å². The van der Waals surface area contributed by atoms with Crippen molar-refractivity contribution in [2.75, 3.05) is 19.7 Å². The van der Waals surface area contributed by atoms with Crippen LogP contribution >= 0.6 is 11.6 Å². The van der Waals surface area contributed by atoms with E-state index in [-0.39, 0.29) is 18.6 Å². The summed E-state index contributed by atoms with van der Waals surface area (Å²) in [5.41, 5.74) is 2.35. The van der Waals surface area contributed by atoms with Gasteiger partial charge in [0.1, 0.15) is 5.75 Å². The molecule has 1 atom stereocenters. The average molecular weight is 359 g/mol. The summed E-state index contributed by atoms with van der Waals surface area (Å²) in [6.07, 6.45) is 0.962. The average Bonchev–Trinajstić information content (AvgIpc) is 3.03. The number of aryl methyl sites for hydroxylation is 1. The molecule has 0 radical (unpaired) electrons. The van der Waals surface area contributed by atoms with Crippen LogP contribution in [0, 0.1) is 6.92 Å². The normalized spacial score (nSPS) is 17.4. The molecule has 1 aliphatic rings. The van der Waals surface area contributed by atoms with Crippen molar-refractivity contribution in [2.24, 2.45) is 0 Å². The standard InChI is InChI=1S/C20H23ClN2O2/c1-15-7-8-18(21)19(11-15)25-14-20(24)22-17-9-10-23(13-17)12-16-5-3-2-4-6-16/h2-8,11,17H,9-10,12-14H2,1H3,(H,22,24). The lowest BCUT2D eigenvalue weighted by Gasteiger charge is -2.17. The Labute approximate surface area is 153 Å². The predicted octanol–water partition coefficient (Wildman–Crippen LogP) is 3.42. The lowest BCUT2D eigenvalue weighted by atomic mass is 10.2. The van der Waals surface area contributed by atoms with Crippen LogP contribution in [0.15, 0.2) is 48.5 Å². The molecule has 1 unspecified atom stereocenters. The second-order valence-electron chi connectivity index (χ2n) is 6.50. The highest BCUT2D eigenvalue weighted by atomic mass is 35.5. The molecule has 1 saturated heterocycles. The molecule has 132 valence electrons. The zero-order valence-corrected chi connectivity index (χ0v) is 15.1. The fourth-order valence-electron chi connectivity index (χ4n) is 3.07. The number of nitrogens with one attached hydrogen (secondary N) is 1.